The summed E-state index contributed by atoms with van der Waals surface area (Å²) in [5.41, 5.74) is 0.613. The lowest BCUT2D eigenvalue weighted by atomic mass is 10.1. The second-order valence-electron chi connectivity index (χ2n) is 4.70. The molecule has 0 aromatic heterocycles. The molecule has 0 heterocycles. The van der Waals surface area contributed by atoms with Crippen molar-refractivity contribution in [1.29, 1.82) is 0 Å². The van der Waals surface area contributed by atoms with Crippen LogP contribution in [0, 0.1) is 0 Å². The lowest BCUT2D eigenvalue weighted by molar-refractivity contribution is -0.117. The van der Waals surface area contributed by atoms with Crippen molar-refractivity contribution >= 4 is 15.7 Å². The van der Waals surface area contributed by atoms with Crippen molar-refractivity contribution in [3.8, 4) is 0 Å². The van der Waals surface area contributed by atoms with Crippen molar-refractivity contribution in [2.45, 2.75) is 19.3 Å². The quantitative estimate of drug-likeness (QED) is 0.730. The molecule has 0 bridgehead atoms. The van der Waals surface area contributed by atoms with E-state index in [0.717, 1.165) is 12.8 Å². The smallest absolute Gasteiger partial charge is 0.251 e. The van der Waals surface area contributed by atoms with E-state index in [4.69, 9.17) is 0 Å². The van der Waals surface area contributed by atoms with Crippen LogP contribution in [0.25, 0.3) is 0 Å². The SMILES string of the molecule is CS(=O)(=O)CCCCCNC(=O)C1=C/C=C\C=C/C=C\1. The van der Waals surface area contributed by atoms with Crippen molar-refractivity contribution in [3.05, 3.63) is 48.1 Å². The van der Waals surface area contributed by atoms with E-state index < -0.39 is 9.84 Å². The Kier molecular flexibility index (Phi) is 7.01. The van der Waals surface area contributed by atoms with Gasteiger partial charge in [0.2, 0.25) is 0 Å². The third kappa shape index (κ3) is 7.74. The highest BCUT2D eigenvalue weighted by molar-refractivity contribution is 7.90. The summed E-state index contributed by atoms with van der Waals surface area (Å²) in [6, 6.07) is 0. The second kappa shape index (κ2) is 8.53. The zero-order valence-electron chi connectivity index (χ0n) is 11.7. The maximum Gasteiger partial charge on any atom is 0.251 e. The summed E-state index contributed by atoms with van der Waals surface area (Å²) in [4.78, 5) is 11.9. The summed E-state index contributed by atoms with van der Waals surface area (Å²) in [5.74, 6) is 0.107. The monoisotopic (exact) mass is 295 g/mol. The van der Waals surface area contributed by atoms with Gasteiger partial charge in [-0.05, 0) is 25.0 Å². The minimum atomic E-state index is -2.87. The molecule has 4 nitrogen and oxygen atoms in total. The number of hydrogen-bond acceptors (Lipinski definition) is 3. The maximum atomic E-state index is 11.9. The molecule has 5 heteroatoms. The number of sulfone groups is 1. The van der Waals surface area contributed by atoms with Crippen LogP contribution in [-0.4, -0.2) is 32.9 Å². The number of allylic oxidation sites excluding steroid dienone is 6. The Labute approximate surface area is 120 Å². The fraction of sp³-hybridized carbons (Fsp3) is 0.400. The van der Waals surface area contributed by atoms with Gasteiger partial charge in [0.15, 0.2) is 0 Å². The molecule has 1 rings (SSSR count). The number of carbonyl (C=O) groups excluding carboxylic acids is 1. The van der Waals surface area contributed by atoms with E-state index >= 15 is 0 Å². The first kappa shape index (κ1) is 16.4. The van der Waals surface area contributed by atoms with Gasteiger partial charge in [0.05, 0.1) is 0 Å². The molecule has 1 aliphatic rings. The Morgan fingerprint density at radius 1 is 1.05 bits per heavy atom. The van der Waals surface area contributed by atoms with Gasteiger partial charge in [0.25, 0.3) is 5.91 Å². The molecular formula is C15H21NO3S. The molecule has 0 radical (unpaired) electrons. The Bertz CT molecular complexity index is 539. The zero-order valence-corrected chi connectivity index (χ0v) is 12.5. The van der Waals surface area contributed by atoms with E-state index in [1.54, 1.807) is 12.2 Å². The van der Waals surface area contributed by atoms with Gasteiger partial charge in [-0.3, -0.25) is 4.79 Å². The molecule has 0 aliphatic heterocycles. The van der Waals surface area contributed by atoms with Crippen LogP contribution in [0.4, 0.5) is 0 Å². The summed E-state index contributed by atoms with van der Waals surface area (Å²) in [6.45, 7) is 0.563. The van der Waals surface area contributed by atoms with Crippen molar-refractivity contribution in [2.24, 2.45) is 0 Å². The lowest BCUT2D eigenvalue weighted by Crippen LogP contribution is -2.25. The molecule has 20 heavy (non-hydrogen) atoms. The average molecular weight is 295 g/mol. The van der Waals surface area contributed by atoms with E-state index in [1.807, 2.05) is 30.4 Å². The minimum absolute atomic E-state index is 0.107. The van der Waals surface area contributed by atoms with Crippen LogP contribution in [0.2, 0.25) is 0 Å². The molecule has 110 valence electrons. The molecule has 0 saturated carbocycles. The highest BCUT2D eigenvalue weighted by Gasteiger charge is 2.05. The summed E-state index contributed by atoms with van der Waals surface area (Å²) in [6.07, 6.45) is 16.3. The fourth-order valence-corrected chi connectivity index (χ4v) is 2.42. The molecule has 0 saturated heterocycles. The summed E-state index contributed by atoms with van der Waals surface area (Å²) in [5, 5.41) is 2.83. The van der Waals surface area contributed by atoms with Gasteiger partial charge in [-0.2, -0.15) is 0 Å². The standard InChI is InChI=1S/C15H21NO3S/c1-20(18,19)13-9-5-8-12-16-15(17)14-10-6-3-2-4-7-11-14/h2-4,6-7,10-11H,5,8-9,12-13H2,1H3,(H,16,17)/b3-2-,4-2?,6-3?,7-4-,10-6-,11-7?,14-10?,14-11+. The van der Waals surface area contributed by atoms with Crippen LogP contribution < -0.4 is 5.32 Å². The van der Waals surface area contributed by atoms with Gasteiger partial charge >= 0.3 is 0 Å². The van der Waals surface area contributed by atoms with Crippen molar-refractivity contribution in [3.63, 3.8) is 0 Å². The van der Waals surface area contributed by atoms with Gasteiger partial charge in [0.1, 0.15) is 9.84 Å². The average Bonchev–Trinajstić information content (AvgIpc) is 2.31. The number of amides is 1. The van der Waals surface area contributed by atoms with Crippen LogP contribution >= 0.6 is 0 Å². The molecule has 0 fully saturated rings. The molecule has 1 amide bonds. The van der Waals surface area contributed by atoms with E-state index in [9.17, 15) is 13.2 Å². The predicted octanol–water partition coefficient (Wildman–Crippen LogP) is 1.93. The van der Waals surface area contributed by atoms with E-state index in [0.29, 0.717) is 18.5 Å². The van der Waals surface area contributed by atoms with Crippen molar-refractivity contribution < 1.29 is 13.2 Å². The highest BCUT2D eigenvalue weighted by atomic mass is 32.2. The van der Waals surface area contributed by atoms with E-state index in [1.165, 1.54) is 6.26 Å². The Hall–Kier alpha value is -1.62. The van der Waals surface area contributed by atoms with Gasteiger partial charge in [-0.1, -0.05) is 36.8 Å². The second-order valence-corrected chi connectivity index (χ2v) is 6.96. The molecular weight excluding hydrogens is 274 g/mol. The normalized spacial score (nSPS) is 21.9. The number of nitrogens with one attached hydrogen (secondary N) is 1. The third-order valence-electron chi connectivity index (χ3n) is 2.74. The predicted molar refractivity (Wildman–Crippen MR) is 82.1 cm³/mol. The molecule has 0 spiro atoms. The molecule has 1 N–H and O–H groups in total. The highest BCUT2D eigenvalue weighted by Crippen LogP contribution is 2.02. The molecule has 0 unspecified atom stereocenters. The molecule has 0 aromatic carbocycles. The largest absolute Gasteiger partial charge is 0.352 e. The zero-order chi connectivity index (χ0) is 14.8. The first-order valence-corrected chi connectivity index (χ1v) is 8.73. The molecule has 0 aromatic rings. The van der Waals surface area contributed by atoms with Crippen LogP contribution in [0.3, 0.4) is 0 Å². The number of rotatable bonds is 7. The molecule has 0 atom stereocenters. The van der Waals surface area contributed by atoms with Crippen molar-refractivity contribution in [2.75, 3.05) is 18.6 Å². The number of hydrogen-bond donors (Lipinski definition) is 1. The maximum absolute atomic E-state index is 11.9. The summed E-state index contributed by atoms with van der Waals surface area (Å²) >= 11 is 0. The van der Waals surface area contributed by atoms with Crippen LogP contribution in [0.15, 0.2) is 48.1 Å². The summed E-state index contributed by atoms with van der Waals surface area (Å²) in [7, 11) is -2.87. The van der Waals surface area contributed by atoms with Gasteiger partial charge < -0.3 is 5.32 Å². The Balaban J connectivity index is 2.23. The number of carbonyl (C=O) groups is 1. The lowest BCUT2D eigenvalue weighted by Gasteiger charge is -2.06. The van der Waals surface area contributed by atoms with Crippen LogP contribution in [0.1, 0.15) is 19.3 Å². The topological polar surface area (TPSA) is 63.2 Å². The molecule has 1 aliphatic carbocycles. The third-order valence-corrected chi connectivity index (χ3v) is 3.77. The fourth-order valence-electron chi connectivity index (χ4n) is 1.69. The first-order valence-electron chi connectivity index (χ1n) is 6.67. The minimum Gasteiger partial charge on any atom is -0.352 e. The van der Waals surface area contributed by atoms with E-state index in [2.05, 4.69) is 5.32 Å². The van der Waals surface area contributed by atoms with Gasteiger partial charge in [-0.15, -0.1) is 0 Å². The Morgan fingerprint density at radius 3 is 2.50 bits per heavy atom. The van der Waals surface area contributed by atoms with Crippen LogP contribution in [-0.2, 0) is 14.6 Å². The van der Waals surface area contributed by atoms with Crippen LogP contribution in [0.5, 0.6) is 0 Å². The van der Waals surface area contributed by atoms with E-state index in [-0.39, 0.29) is 11.7 Å². The van der Waals surface area contributed by atoms with Gasteiger partial charge in [0, 0.05) is 24.1 Å². The Morgan fingerprint density at radius 2 is 1.75 bits per heavy atom. The summed E-state index contributed by atoms with van der Waals surface area (Å²) < 4.78 is 21.9. The number of unbranched alkanes of at least 4 members (excludes halogenated alkanes) is 2. The first-order chi connectivity index (χ1) is 9.49. The van der Waals surface area contributed by atoms with Gasteiger partial charge in [-0.25, -0.2) is 8.42 Å². The van der Waals surface area contributed by atoms with Crippen molar-refractivity contribution in [1.82, 2.24) is 5.32 Å².